The zero-order chi connectivity index (χ0) is 9.71. The smallest absolute Gasteiger partial charge is 0.349 e. The van der Waals surface area contributed by atoms with Crippen LogP contribution in [0, 0.1) is 0 Å². The van der Waals surface area contributed by atoms with Gasteiger partial charge in [0.1, 0.15) is 5.82 Å². The molecule has 2 N–H and O–H groups in total. The number of hydrogen-bond donors (Lipinski definition) is 1. The lowest BCUT2D eigenvalue weighted by atomic mass is 10.2. The van der Waals surface area contributed by atoms with E-state index in [1.54, 1.807) is 16.8 Å². The molecule has 14 heavy (non-hydrogen) atoms. The summed E-state index contributed by atoms with van der Waals surface area (Å²) in [5.74, 6) is 0.309. The average molecular weight is 209 g/mol. The summed E-state index contributed by atoms with van der Waals surface area (Å²) in [6.45, 7) is 0. The van der Waals surface area contributed by atoms with Gasteiger partial charge in [-0.3, -0.25) is 4.57 Å². The second kappa shape index (κ2) is 2.76. The Balaban J connectivity index is 1.99. The van der Waals surface area contributed by atoms with Crippen LogP contribution in [0.15, 0.2) is 17.1 Å². The molecule has 0 bridgehead atoms. The van der Waals surface area contributed by atoms with Gasteiger partial charge in [0.2, 0.25) is 0 Å². The predicted octanol–water partition coefficient (Wildman–Crippen LogP) is 0.644. The van der Waals surface area contributed by atoms with E-state index in [2.05, 4.69) is 4.98 Å². The van der Waals surface area contributed by atoms with E-state index in [1.807, 2.05) is 11.8 Å². The number of hydrogen-bond acceptors (Lipinski definition) is 4. The number of nitrogens with two attached hydrogens (primary N) is 1. The summed E-state index contributed by atoms with van der Waals surface area (Å²) in [5.41, 5.74) is 5.24. The molecular formula is C9H11N3OS. The van der Waals surface area contributed by atoms with E-state index in [0.717, 1.165) is 11.7 Å². The first-order valence-corrected chi connectivity index (χ1v) is 5.70. The number of nitrogen functional groups attached to an aromatic ring is 1. The fourth-order valence-electron chi connectivity index (χ4n) is 2.20. The van der Waals surface area contributed by atoms with Gasteiger partial charge in [-0.25, -0.2) is 4.79 Å². The van der Waals surface area contributed by atoms with Gasteiger partial charge in [-0.2, -0.15) is 16.7 Å². The average Bonchev–Trinajstić information content (AvgIpc) is 2.81. The quantitative estimate of drug-likeness (QED) is 0.690. The third-order valence-corrected chi connectivity index (χ3v) is 4.48. The van der Waals surface area contributed by atoms with E-state index in [-0.39, 0.29) is 5.69 Å². The fraction of sp³-hybridized carbons (Fsp3) is 0.556. The van der Waals surface area contributed by atoms with E-state index in [1.165, 1.54) is 6.42 Å². The highest BCUT2D eigenvalue weighted by Crippen LogP contribution is 2.57. The largest absolute Gasteiger partial charge is 0.383 e. The van der Waals surface area contributed by atoms with Gasteiger partial charge in [-0.15, -0.1) is 0 Å². The van der Waals surface area contributed by atoms with Crippen LogP contribution in [-0.4, -0.2) is 20.1 Å². The molecule has 1 saturated heterocycles. The minimum Gasteiger partial charge on any atom is -0.383 e. The molecule has 74 valence electrons. The number of thioether (sulfide) groups is 1. The highest BCUT2D eigenvalue weighted by atomic mass is 32.2. The summed E-state index contributed by atoms with van der Waals surface area (Å²) in [6.07, 6.45) is 4.11. The van der Waals surface area contributed by atoms with Crippen LogP contribution in [0.1, 0.15) is 18.9 Å². The lowest BCUT2D eigenvalue weighted by molar-refractivity contribution is 0.510. The molecule has 1 aromatic heterocycles. The second-order valence-electron chi connectivity index (χ2n) is 3.83. The van der Waals surface area contributed by atoms with E-state index < -0.39 is 0 Å². The Labute approximate surface area is 85.5 Å². The summed E-state index contributed by atoms with van der Waals surface area (Å²) in [7, 11) is 0. The molecule has 2 fully saturated rings. The maximum Gasteiger partial charge on any atom is 0.349 e. The van der Waals surface area contributed by atoms with Gasteiger partial charge < -0.3 is 5.73 Å². The Morgan fingerprint density at radius 2 is 2.43 bits per heavy atom. The maximum absolute atomic E-state index is 11.6. The van der Waals surface area contributed by atoms with Crippen LogP contribution in [0.25, 0.3) is 0 Å². The van der Waals surface area contributed by atoms with E-state index in [9.17, 15) is 4.79 Å². The summed E-state index contributed by atoms with van der Waals surface area (Å²) >= 11 is 1.98. The zero-order valence-electron chi connectivity index (χ0n) is 7.59. The Hall–Kier alpha value is -0.970. The zero-order valence-corrected chi connectivity index (χ0v) is 8.41. The van der Waals surface area contributed by atoms with Gasteiger partial charge in [-0.05, 0) is 18.9 Å². The molecule has 0 spiro atoms. The molecule has 4 nitrogen and oxygen atoms in total. The van der Waals surface area contributed by atoms with E-state index in [4.69, 9.17) is 5.73 Å². The summed E-state index contributed by atoms with van der Waals surface area (Å²) in [4.78, 5) is 15.3. The number of anilines is 1. The highest BCUT2D eigenvalue weighted by molar-refractivity contribution is 8.07. The van der Waals surface area contributed by atoms with Crippen LogP contribution >= 0.6 is 11.8 Å². The first-order chi connectivity index (χ1) is 6.75. The van der Waals surface area contributed by atoms with Gasteiger partial charge in [0.05, 0.1) is 6.04 Å². The summed E-state index contributed by atoms with van der Waals surface area (Å²) in [6, 6.07) is 2.05. The molecule has 0 amide bonds. The topological polar surface area (TPSA) is 60.9 Å². The Bertz CT molecular complexity index is 430. The molecule has 2 heterocycles. The molecule has 1 aliphatic carbocycles. The monoisotopic (exact) mass is 209 g/mol. The number of rotatable bonds is 1. The third kappa shape index (κ3) is 1.15. The van der Waals surface area contributed by atoms with Crippen LogP contribution < -0.4 is 11.4 Å². The maximum atomic E-state index is 11.6. The van der Waals surface area contributed by atoms with Crippen molar-refractivity contribution in [3.05, 3.63) is 22.7 Å². The number of nitrogens with zero attached hydrogens (tertiary/aromatic N) is 2. The molecule has 0 unspecified atom stereocenters. The van der Waals surface area contributed by atoms with Crippen molar-refractivity contribution in [2.24, 2.45) is 0 Å². The van der Waals surface area contributed by atoms with Crippen LogP contribution in [0.3, 0.4) is 0 Å². The van der Waals surface area contributed by atoms with Crippen molar-refractivity contribution in [3.63, 3.8) is 0 Å². The fourth-order valence-corrected chi connectivity index (χ4v) is 3.55. The van der Waals surface area contributed by atoms with Gasteiger partial charge in [0.15, 0.2) is 0 Å². The summed E-state index contributed by atoms with van der Waals surface area (Å²) < 4.78 is 1.74. The second-order valence-corrected chi connectivity index (χ2v) is 5.25. The summed E-state index contributed by atoms with van der Waals surface area (Å²) in [5, 5.41) is 1.45. The molecule has 0 radical (unpaired) electrons. The van der Waals surface area contributed by atoms with Crippen molar-refractivity contribution in [3.8, 4) is 0 Å². The Morgan fingerprint density at radius 1 is 1.57 bits per heavy atom. The Kier molecular flexibility index (Phi) is 1.65. The van der Waals surface area contributed by atoms with Crippen LogP contribution in [-0.2, 0) is 0 Å². The first-order valence-electron chi connectivity index (χ1n) is 4.76. The third-order valence-electron chi connectivity index (χ3n) is 2.96. The van der Waals surface area contributed by atoms with Crippen molar-refractivity contribution in [1.29, 1.82) is 0 Å². The van der Waals surface area contributed by atoms with Gasteiger partial charge in [0.25, 0.3) is 0 Å². The molecule has 0 aromatic carbocycles. The predicted molar refractivity (Wildman–Crippen MR) is 56.3 cm³/mol. The molecule has 2 aliphatic rings. The molecule has 1 saturated carbocycles. The standard InChI is InChI=1S/C9H11N3OS/c10-7-3-4-12(9(13)11-7)5-1-2-6-8(5)14-6/h3-6,8H,1-2H2,(H2,10,11,13)/t5-,6-,8+/m0/s1. The first kappa shape index (κ1) is 8.35. The lowest BCUT2D eigenvalue weighted by Gasteiger charge is -2.13. The van der Waals surface area contributed by atoms with Gasteiger partial charge >= 0.3 is 5.69 Å². The van der Waals surface area contributed by atoms with Crippen molar-refractivity contribution < 1.29 is 0 Å². The number of fused-ring (bicyclic) bond motifs is 1. The lowest BCUT2D eigenvalue weighted by Crippen LogP contribution is -2.28. The Morgan fingerprint density at radius 3 is 3.00 bits per heavy atom. The van der Waals surface area contributed by atoms with E-state index in [0.29, 0.717) is 17.1 Å². The van der Waals surface area contributed by atoms with Crippen LogP contribution in [0.5, 0.6) is 0 Å². The molecule has 3 atom stereocenters. The number of aromatic nitrogens is 2. The SMILES string of the molecule is Nc1ccn([C@H]2CC[C@@H]3S[C@@H]32)c(=O)n1. The minimum atomic E-state index is -0.205. The van der Waals surface area contributed by atoms with Crippen LogP contribution in [0.2, 0.25) is 0 Å². The van der Waals surface area contributed by atoms with Crippen LogP contribution in [0.4, 0.5) is 5.82 Å². The van der Waals surface area contributed by atoms with Crippen molar-refractivity contribution in [1.82, 2.24) is 9.55 Å². The van der Waals surface area contributed by atoms with Gasteiger partial charge in [0, 0.05) is 16.7 Å². The molecule has 1 aromatic rings. The highest BCUT2D eigenvalue weighted by Gasteiger charge is 2.50. The molecule has 3 rings (SSSR count). The molecule has 1 aliphatic heterocycles. The molecular weight excluding hydrogens is 198 g/mol. The van der Waals surface area contributed by atoms with Crippen molar-refractivity contribution in [2.45, 2.75) is 29.4 Å². The van der Waals surface area contributed by atoms with E-state index >= 15 is 0 Å². The normalized spacial score (nSPS) is 34.1. The van der Waals surface area contributed by atoms with Crippen molar-refractivity contribution >= 4 is 17.6 Å². The van der Waals surface area contributed by atoms with Gasteiger partial charge in [-0.1, -0.05) is 0 Å². The minimum absolute atomic E-state index is 0.205. The van der Waals surface area contributed by atoms with Crippen molar-refractivity contribution in [2.75, 3.05) is 5.73 Å². The molecule has 5 heteroatoms.